The number of hydrogen-bond acceptors (Lipinski definition) is 3. The van der Waals surface area contributed by atoms with E-state index in [4.69, 9.17) is 9.47 Å². The lowest BCUT2D eigenvalue weighted by molar-refractivity contribution is -0.182. The number of carbonyl (C=O) groups excluding carboxylic acids is 1. The van der Waals surface area contributed by atoms with Crippen LogP contribution in [0.5, 0.6) is 0 Å². The molecule has 1 aliphatic rings. The van der Waals surface area contributed by atoms with E-state index in [9.17, 15) is 4.79 Å². The average Bonchev–Trinajstić information content (AvgIpc) is 2.11. The molecule has 0 amide bonds. The molecule has 0 N–H and O–H groups in total. The van der Waals surface area contributed by atoms with E-state index >= 15 is 0 Å². The molecule has 3 heteroatoms. The molecule has 66 valence electrons. The fraction of sp³-hybridized carbons (Fsp3) is 0.444. The summed E-state index contributed by atoms with van der Waals surface area (Å²) in [6.07, 6.45) is 5.09. The summed E-state index contributed by atoms with van der Waals surface area (Å²) in [5.41, 5.74) is 0.640. The molecule has 12 heavy (non-hydrogen) atoms. The number of carbonyl (C=O) groups is 1. The van der Waals surface area contributed by atoms with Crippen LogP contribution < -0.4 is 0 Å². The van der Waals surface area contributed by atoms with Crippen molar-refractivity contribution in [3.05, 3.63) is 23.8 Å². The van der Waals surface area contributed by atoms with Gasteiger partial charge in [-0.2, -0.15) is 0 Å². The molecule has 0 heterocycles. The Hall–Kier alpha value is -0.930. The molecule has 0 unspecified atom stereocenters. The molecule has 0 spiro atoms. The number of hydrogen-bond donors (Lipinski definition) is 0. The minimum atomic E-state index is -1.20. The van der Waals surface area contributed by atoms with Gasteiger partial charge >= 0.3 is 0 Å². The van der Waals surface area contributed by atoms with Crippen LogP contribution in [0.1, 0.15) is 6.92 Å². The molecular formula is C9H12O3. The lowest BCUT2D eigenvalue weighted by Crippen LogP contribution is -2.42. The van der Waals surface area contributed by atoms with E-state index in [1.807, 2.05) is 0 Å². The minimum Gasteiger partial charge on any atom is -0.344 e. The third kappa shape index (κ3) is 1.21. The van der Waals surface area contributed by atoms with Gasteiger partial charge in [0.15, 0.2) is 0 Å². The topological polar surface area (TPSA) is 35.5 Å². The van der Waals surface area contributed by atoms with Crippen molar-refractivity contribution in [1.29, 1.82) is 0 Å². The second kappa shape index (κ2) is 3.21. The van der Waals surface area contributed by atoms with Crippen LogP contribution in [0.25, 0.3) is 0 Å². The largest absolute Gasteiger partial charge is 0.344 e. The van der Waals surface area contributed by atoms with Crippen LogP contribution in [0, 0.1) is 0 Å². The van der Waals surface area contributed by atoms with Crippen LogP contribution in [0.2, 0.25) is 0 Å². The van der Waals surface area contributed by atoms with Gasteiger partial charge in [-0.1, -0.05) is 12.2 Å². The number of allylic oxidation sites excluding steroid dienone is 2. The van der Waals surface area contributed by atoms with Crippen molar-refractivity contribution in [1.82, 2.24) is 0 Å². The highest BCUT2D eigenvalue weighted by Crippen LogP contribution is 2.22. The van der Waals surface area contributed by atoms with Gasteiger partial charge in [-0.25, -0.2) is 0 Å². The maximum absolute atomic E-state index is 11.5. The van der Waals surface area contributed by atoms with Crippen LogP contribution >= 0.6 is 0 Å². The molecule has 0 aromatic carbocycles. The second-order valence-corrected chi connectivity index (χ2v) is 2.61. The zero-order valence-electron chi connectivity index (χ0n) is 7.46. The molecule has 0 aromatic heterocycles. The van der Waals surface area contributed by atoms with Gasteiger partial charge in [0, 0.05) is 14.2 Å². The smallest absolute Gasteiger partial charge is 0.253 e. The Morgan fingerprint density at radius 3 is 2.33 bits per heavy atom. The predicted molar refractivity (Wildman–Crippen MR) is 44.7 cm³/mol. The van der Waals surface area contributed by atoms with Gasteiger partial charge in [-0.3, -0.25) is 4.79 Å². The summed E-state index contributed by atoms with van der Waals surface area (Å²) in [6.45, 7) is 1.73. The predicted octanol–water partition coefficient (Wildman–Crippen LogP) is 1.06. The van der Waals surface area contributed by atoms with Crippen LogP contribution in [0.4, 0.5) is 0 Å². The first-order valence-electron chi connectivity index (χ1n) is 3.67. The maximum Gasteiger partial charge on any atom is 0.253 e. The zero-order valence-corrected chi connectivity index (χ0v) is 7.46. The molecule has 1 rings (SSSR count). The molecule has 0 atom stereocenters. The van der Waals surface area contributed by atoms with Gasteiger partial charge in [0.25, 0.3) is 5.79 Å². The van der Waals surface area contributed by atoms with Crippen molar-refractivity contribution in [3.63, 3.8) is 0 Å². The first-order valence-corrected chi connectivity index (χ1v) is 3.67. The quantitative estimate of drug-likeness (QED) is 0.578. The Bertz CT molecular complexity index is 246. The van der Waals surface area contributed by atoms with Crippen LogP contribution in [0.15, 0.2) is 23.8 Å². The van der Waals surface area contributed by atoms with Gasteiger partial charge in [-0.05, 0) is 18.6 Å². The summed E-state index contributed by atoms with van der Waals surface area (Å²) in [6, 6.07) is 0. The summed E-state index contributed by atoms with van der Waals surface area (Å²) in [5, 5.41) is 0. The molecule has 1 aliphatic carbocycles. The van der Waals surface area contributed by atoms with E-state index in [1.54, 1.807) is 25.2 Å². The highest BCUT2D eigenvalue weighted by Gasteiger charge is 2.37. The van der Waals surface area contributed by atoms with Gasteiger partial charge in [0.1, 0.15) is 0 Å². The first-order chi connectivity index (χ1) is 5.66. The average molecular weight is 168 g/mol. The lowest BCUT2D eigenvalue weighted by atomic mass is 9.99. The van der Waals surface area contributed by atoms with Crippen LogP contribution in [-0.2, 0) is 14.3 Å². The number of Topliss-reactive ketones (excluding diaryl/α,β-unsaturated/α-hetero) is 1. The maximum atomic E-state index is 11.5. The highest BCUT2D eigenvalue weighted by atomic mass is 16.7. The summed E-state index contributed by atoms with van der Waals surface area (Å²) in [7, 11) is 2.90. The molecule has 0 fully saturated rings. The monoisotopic (exact) mass is 168 g/mol. The molecular weight excluding hydrogens is 156 g/mol. The fourth-order valence-electron chi connectivity index (χ4n) is 1.15. The van der Waals surface area contributed by atoms with Gasteiger partial charge in [-0.15, -0.1) is 0 Å². The zero-order chi connectivity index (χ0) is 9.19. The van der Waals surface area contributed by atoms with Crippen molar-refractivity contribution in [2.24, 2.45) is 0 Å². The second-order valence-electron chi connectivity index (χ2n) is 2.61. The van der Waals surface area contributed by atoms with Gasteiger partial charge in [0.2, 0.25) is 5.78 Å². The third-order valence-electron chi connectivity index (χ3n) is 1.94. The van der Waals surface area contributed by atoms with E-state index in [0.717, 1.165) is 0 Å². The Kier molecular flexibility index (Phi) is 2.45. The molecule has 0 aliphatic heterocycles. The summed E-state index contributed by atoms with van der Waals surface area (Å²) in [5.74, 6) is -1.34. The Morgan fingerprint density at radius 1 is 1.33 bits per heavy atom. The van der Waals surface area contributed by atoms with Crippen molar-refractivity contribution in [2.45, 2.75) is 12.7 Å². The highest BCUT2D eigenvalue weighted by molar-refractivity contribution is 6.03. The molecule has 0 radical (unpaired) electrons. The third-order valence-corrected chi connectivity index (χ3v) is 1.94. The summed E-state index contributed by atoms with van der Waals surface area (Å²) in [4.78, 5) is 11.5. The lowest BCUT2D eigenvalue weighted by Gasteiger charge is -2.27. The Labute approximate surface area is 71.7 Å². The van der Waals surface area contributed by atoms with E-state index in [1.165, 1.54) is 14.2 Å². The van der Waals surface area contributed by atoms with Crippen molar-refractivity contribution >= 4 is 5.78 Å². The van der Waals surface area contributed by atoms with Crippen LogP contribution in [-0.4, -0.2) is 25.8 Å². The number of ketones is 1. The number of methoxy groups -OCH3 is 2. The van der Waals surface area contributed by atoms with Crippen molar-refractivity contribution < 1.29 is 14.3 Å². The molecule has 3 nitrogen and oxygen atoms in total. The summed E-state index contributed by atoms with van der Waals surface area (Å²) < 4.78 is 10.0. The van der Waals surface area contributed by atoms with Crippen molar-refractivity contribution in [3.8, 4) is 0 Å². The van der Waals surface area contributed by atoms with E-state index < -0.39 is 5.79 Å². The molecule has 0 saturated carbocycles. The fourth-order valence-corrected chi connectivity index (χ4v) is 1.15. The minimum absolute atomic E-state index is 0.144. The Balaban J connectivity index is 3.01. The molecule has 0 bridgehead atoms. The standard InChI is InChI=1S/C9H12O3/c1-7-5-4-6-9(11-2,12-3)8(7)10/h4-6H,1-3H3. The van der Waals surface area contributed by atoms with Crippen LogP contribution in [0.3, 0.4) is 0 Å². The Morgan fingerprint density at radius 2 is 1.92 bits per heavy atom. The number of rotatable bonds is 2. The first kappa shape index (κ1) is 9.16. The van der Waals surface area contributed by atoms with E-state index in [-0.39, 0.29) is 5.78 Å². The van der Waals surface area contributed by atoms with E-state index in [2.05, 4.69) is 0 Å². The van der Waals surface area contributed by atoms with Crippen molar-refractivity contribution in [2.75, 3.05) is 14.2 Å². The van der Waals surface area contributed by atoms with Gasteiger partial charge in [0.05, 0.1) is 0 Å². The van der Waals surface area contributed by atoms with Gasteiger partial charge < -0.3 is 9.47 Å². The SMILES string of the molecule is COC1(OC)C=CC=C(C)C1=O. The molecule has 0 aromatic rings. The molecule has 0 saturated heterocycles. The number of ether oxygens (including phenoxy) is 2. The normalized spacial score (nSPS) is 20.9. The van der Waals surface area contributed by atoms with E-state index in [0.29, 0.717) is 5.57 Å². The summed E-state index contributed by atoms with van der Waals surface area (Å²) >= 11 is 0.